The highest BCUT2D eigenvalue weighted by molar-refractivity contribution is 4.94. The van der Waals surface area contributed by atoms with E-state index in [1.807, 2.05) is 26.0 Å². The van der Waals surface area contributed by atoms with Gasteiger partial charge in [0.15, 0.2) is 5.79 Å². The third-order valence-electron chi connectivity index (χ3n) is 2.47. The topological polar surface area (TPSA) is 38.7 Å². The summed E-state index contributed by atoms with van der Waals surface area (Å²) in [7, 11) is 0. The highest BCUT2D eigenvalue weighted by atomic mass is 16.7. The van der Waals surface area contributed by atoms with Gasteiger partial charge in [0.05, 0.1) is 6.61 Å². The summed E-state index contributed by atoms with van der Waals surface area (Å²) >= 11 is 0. The summed E-state index contributed by atoms with van der Waals surface area (Å²) in [5.74, 6) is -0.553. The zero-order valence-electron chi connectivity index (χ0n) is 9.90. The molecule has 15 heavy (non-hydrogen) atoms. The first-order valence-electron chi connectivity index (χ1n) is 5.71. The molecule has 0 radical (unpaired) electrons. The van der Waals surface area contributed by atoms with Gasteiger partial charge in [0.25, 0.3) is 0 Å². The molecule has 0 aromatic carbocycles. The zero-order valence-corrected chi connectivity index (χ0v) is 9.90. The van der Waals surface area contributed by atoms with E-state index in [4.69, 9.17) is 9.47 Å². The van der Waals surface area contributed by atoms with Crippen molar-refractivity contribution in [2.45, 2.75) is 58.0 Å². The summed E-state index contributed by atoms with van der Waals surface area (Å²) in [4.78, 5) is 0. The summed E-state index contributed by atoms with van der Waals surface area (Å²) in [5, 5.41) is 9.79. The van der Waals surface area contributed by atoms with Gasteiger partial charge in [-0.1, -0.05) is 31.9 Å². The second-order valence-electron chi connectivity index (χ2n) is 4.43. The Hall–Kier alpha value is -0.380. The van der Waals surface area contributed by atoms with Crippen LogP contribution in [0, 0.1) is 0 Å². The number of aliphatic hydroxyl groups is 1. The van der Waals surface area contributed by atoms with Gasteiger partial charge in [0.1, 0.15) is 12.2 Å². The van der Waals surface area contributed by atoms with Crippen molar-refractivity contribution in [3.05, 3.63) is 12.2 Å². The number of rotatable bonds is 5. The maximum Gasteiger partial charge on any atom is 0.163 e. The van der Waals surface area contributed by atoms with Crippen LogP contribution >= 0.6 is 0 Å². The third-order valence-corrected chi connectivity index (χ3v) is 2.47. The van der Waals surface area contributed by atoms with Crippen molar-refractivity contribution >= 4 is 0 Å². The number of hydrogen-bond acceptors (Lipinski definition) is 3. The van der Waals surface area contributed by atoms with Gasteiger partial charge in [-0.25, -0.2) is 0 Å². The van der Waals surface area contributed by atoms with Crippen LogP contribution in [0.15, 0.2) is 12.2 Å². The Morgan fingerprint density at radius 2 is 2.27 bits per heavy atom. The number of allylic oxidation sites excluding steroid dienone is 1. The monoisotopic (exact) mass is 214 g/mol. The fourth-order valence-corrected chi connectivity index (χ4v) is 1.57. The van der Waals surface area contributed by atoms with Crippen molar-refractivity contribution in [1.82, 2.24) is 0 Å². The number of aliphatic hydroxyl groups excluding tert-OH is 1. The lowest BCUT2D eigenvalue weighted by molar-refractivity contribution is -0.147. The fraction of sp³-hybridized carbons (Fsp3) is 0.833. The normalized spacial score (nSPS) is 27.3. The lowest BCUT2D eigenvalue weighted by atomic mass is 10.1. The van der Waals surface area contributed by atoms with Gasteiger partial charge in [-0.2, -0.15) is 0 Å². The first-order valence-corrected chi connectivity index (χ1v) is 5.71. The van der Waals surface area contributed by atoms with Gasteiger partial charge < -0.3 is 14.6 Å². The van der Waals surface area contributed by atoms with Gasteiger partial charge in [-0.3, -0.25) is 0 Å². The largest absolute Gasteiger partial charge is 0.386 e. The molecule has 1 heterocycles. The molecule has 0 spiro atoms. The summed E-state index contributed by atoms with van der Waals surface area (Å²) in [6.45, 7) is 6.34. The van der Waals surface area contributed by atoms with Crippen molar-refractivity contribution < 1.29 is 14.6 Å². The van der Waals surface area contributed by atoms with E-state index in [9.17, 15) is 5.11 Å². The van der Waals surface area contributed by atoms with Crippen molar-refractivity contribution in [2.75, 3.05) is 6.61 Å². The van der Waals surface area contributed by atoms with Crippen LogP contribution in [0.3, 0.4) is 0 Å². The Kier molecular flexibility index (Phi) is 4.77. The molecular formula is C12H22O3. The summed E-state index contributed by atoms with van der Waals surface area (Å²) < 4.78 is 10.9. The predicted molar refractivity (Wildman–Crippen MR) is 59.6 cm³/mol. The molecule has 1 aliphatic heterocycles. The molecule has 2 atom stereocenters. The average molecular weight is 214 g/mol. The van der Waals surface area contributed by atoms with Crippen molar-refractivity contribution in [3.63, 3.8) is 0 Å². The Morgan fingerprint density at radius 1 is 1.53 bits per heavy atom. The van der Waals surface area contributed by atoms with Crippen LogP contribution in [-0.2, 0) is 9.47 Å². The van der Waals surface area contributed by atoms with Gasteiger partial charge >= 0.3 is 0 Å². The van der Waals surface area contributed by atoms with E-state index in [1.54, 1.807) is 0 Å². The van der Waals surface area contributed by atoms with E-state index in [-0.39, 0.29) is 6.10 Å². The van der Waals surface area contributed by atoms with Crippen LogP contribution in [-0.4, -0.2) is 29.7 Å². The molecule has 1 fully saturated rings. The molecule has 0 aromatic rings. The number of ether oxygens (including phenoxy) is 2. The summed E-state index contributed by atoms with van der Waals surface area (Å²) in [5.41, 5.74) is 0. The Balaban J connectivity index is 2.29. The van der Waals surface area contributed by atoms with E-state index in [0.717, 1.165) is 12.8 Å². The van der Waals surface area contributed by atoms with Crippen LogP contribution in [0.4, 0.5) is 0 Å². The molecule has 88 valence electrons. The average Bonchev–Trinajstić information content (AvgIpc) is 2.53. The molecule has 0 aliphatic carbocycles. The predicted octanol–water partition coefficient (Wildman–Crippen LogP) is 2.25. The zero-order chi connectivity index (χ0) is 11.3. The number of unbranched alkanes of at least 4 members (excludes halogenated alkanes) is 2. The van der Waals surface area contributed by atoms with Crippen molar-refractivity contribution in [2.24, 2.45) is 0 Å². The highest BCUT2D eigenvalue weighted by Crippen LogP contribution is 2.24. The minimum Gasteiger partial charge on any atom is -0.386 e. The molecule has 0 saturated carbocycles. The second-order valence-corrected chi connectivity index (χ2v) is 4.43. The Labute approximate surface area is 92.1 Å². The van der Waals surface area contributed by atoms with Crippen LogP contribution in [0.25, 0.3) is 0 Å². The van der Waals surface area contributed by atoms with Crippen molar-refractivity contribution in [3.8, 4) is 0 Å². The van der Waals surface area contributed by atoms with E-state index >= 15 is 0 Å². The van der Waals surface area contributed by atoms with E-state index in [0.29, 0.717) is 6.61 Å². The minimum atomic E-state index is -0.553. The van der Waals surface area contributed by atoms with Crippen molar-refractivity contribution in [1.29, 1.82) is 0 Å². The molecule has 0 aromatic heterocycles. The quantitative estimate of drug-likeness (QED) is 0.563. The molecule has 0 amide bonds. The lowest BCUT2D eigenvalue weighted by Gasteiger charge is -2.18. The molecule has 1 N–H and O–H groups in total. The Morgan fingerprint density at radius 3 is 2.80 bits per heavy atom. The molecule has 1 aliphatic rings. The second kappa shape index (κ2) is 5.64. The van der Waals surface area contributed by atoms with Crippen LogP contribution in [0.5, 0.6) is 0 Å². The van der Waals surface area contributed by atoms with E-state index < -0.39 is 11.9 Å². The highest BCUT2D eigenvalue weighted by Gasteiger charge is 2.35. The third kappa shape index (κ3) is 4.33. The summed E-state index contributed by atoms with van der Waals surface area (Å²) in [6.07, 6.45) is 6.41. The maximum atomic E-state index is 9.79. The lowest BCUT2D eigenvalue weighted by Crippen LogP contribution is -2.29. The molecule has 0 bridgehead atoms. The molecule has 0 unspecified atom stereocenters. The molecule has 1 rings (SSSR count). The van der Waals surface area contributed by atoms with Gasteiger partial charge in [-0.05, 0) is 20.3 Å². The maximum absolute atomic E-state index is 9.79. The standard InChI is InChI=1S/C12H22O3/c1-4-5-6-7-8-10(13)11-9-14-12(2,3)15-11/h7-8,10-11,13H,4-6,9H2,1-3H3/b8-7+/t10-,11+/m0/s1. The SMILES string of the molecule is CCCC/C=C/[C@H](O)[C@H]1COC(C)(C)O1. The van der Waals surface area contributed by atoms with Crippen LogP contribution in [0.2, 0.25) is 0 Å². The number of hydrogen-bond donors (Lipinski definition) is 1. The van der Waals surface area contributed by atoms with Gasteiger partial charge in [-0.15, -0.1) is 0 Å². The van der Waals surface area contributed by atoms with E-state index in [1.165, 1.54) is 6.42 Å². The van der Waals surface area contributed by atoms with Gasteiger partial charge in [0.2, 0.25) is 0 Å². The van der Waals surface area contributed by atoms with Crippen LogP contribution < -0.4 is 0 Å². The molecule has 3 nitrogen and oxygen atoms in total. The molecule has 1 saturated heterocycles. The first-order chi connectivity index (χ1) is 7.05. The smallest absolute Gasteiger partial charge is 0.163 e. The van der Waals surface area contributed by atoms with E-state index in [2.05, 4.69) is 6.92 Å². The summed E-state index contributed by atoms with van der Waals surface area (Å²) in [6, 6.07) is 0. The first kappa shape index (κ1) is 12.7. The fourth-order valence-electron chi connectivity index (χ4n) is 1.57. The van der Waals surface area contributed by atoms with Crippen LogP contribution in [0.1, 0.15) is 40.0 Å². The Bertz CT molecular complexity index is 211. The van der Waals surface area contributed by atoms with Gasteiger partial charge in [0, 0.05) is 0 Å². The molecule has 3 heteroatoms. The minimum absolute atomic E-state index is 0.224. The molecular weight excluding hydrogens is 192 g/mol.